The highest BCUT2D eigenvalue weighted by molar-refractivity contribution is 5.82. The van der Waals surface area contributed by atoms with Gasteiger partial charge in [-0.3, -0.25) is 0 Å². The molecule has 0 saturated heterocycles. The van der Waals surface area contributed by atoms with Crippen LogP contribution in [0.2, 0.25) is 0 Å². The van der Waals surface area contributed by atoms with E-state index in [4.69, 9.17) is 9.72 Å². The fourth-order valence-corrected chi connectivity index (χ4v) is 4.86. The fraction of sp³-hybridized carbons (Fsp3) is 0.321. The number of nitrogens with zero attached hydrogens (tertiary/aromatic N) is 2. The van der Waals surface area contributed by atoms with E-state index in [0.29, 0.717) is 6.61 Å². The molecular weight excluding hydrogens is 380 g/mol. The highest BCUT2D eigenvalue weighted by atomic mass is 16.5. The van der Waals surface area contributed by atoms with Crippen molar-refractivity contribution in [3.63, 3.8) is 0 Å². The van der Waals surface area contributed by atoms with Gasteiger partial charge in [0.15, 0.2) is 0 Å². The summed E-state index contributed by atoms with van der Waals surface area (Å²) < 4.78 is 8.89. The minimum Gasteiger partial charge on any atom is -0.488 e. The zero-order chi connectivity index (χ0) is 21.6. The molecule has 0 atom stereocenters. The number of aromatic nitrogens is 2. The third-order valence-corrected chi connectivity index (χ3v) is 7.04. The lowest BCUT2D eigenvalue weighted by atomic mass is 9.78. The second-order valence-corrected chi connectivity index (χ2v) is 9.20. The lowest BCUT2D eigenvalue weighted by molar-refractivity contribution is 0.177. The van der Waals surface area contributed by atoms with Gasteiger partial charge in [-0.05, 0) is 81.8 Å². The predicted molar refractivity (Wildman–Crippen MR) is 128 cm³/mol. The van der Waals surface area contributed by atoms with Crippen LogP contribution in [-0.4, -0.2) is 9.55 Å². The zero-order valence-corrected chi connectivity index (χ0v) is 18.9. The van der Waals surface area contributed by atoms with Crippen molar-refractivity contribution in [1.82, 2.24) is 9.55 Å². The molecular formula is C28H30N2O. The Bertz CT molecular complexity index is 1250. The number of rotatable bonds is 5. The lowest BCUT2D eigenvalue weighted by Crippen LogP contribution is -2.37. The highest BCUT2D eigenvalue weighted by Crippen LogP contribution is 2.45. The molecule has 5 rings (SSSR count). The molecule has 3 nitrogen and oxygen atoms in total. The number of hydrogen-bond donors (Lipinski definition) is 0. The van der Waals surface area contributed by atoms with E-state index in [0.717, 1.165) is 17.1 Å². The Balaban J connectivity index is 1.65. The van der Waals surface area contributed by atoms with E-state index >= 15 is 0 Å². The second-order valence-electron chi connectivity index (χ2n) is 9.20. The predicted octanol–water partition coefficient (Wildman–Crippen LogP) is 7.11. The standard InChI is InChI=1S/C28H30N2O/c1-19-17-23(21(3)26(20(19)2)31-18-22-11-6-5-7-12-22)27-29-24-13-8-9-14-25(24)30(27)28(4)15-10-16-28/h5-9,11-14,17H,10,15-16,18H2,1-4H3. The van der Waals surface area contributed by atoms with Crippen molar-refractivity contribution >= 4 is 11.0 Å². The number of ether oxygens (including phenoxy) is 1. The van der Waals surface area contributed by atoms with Crippen LogP contribution in [0.25, 0.3) is 22.4 Å². The Morgan fingerprint density at radius 2 is 1.65 bits per heavy atom. The lowest BCUT2D eigenvalue weighted by Gasteiger charge is -2.41. The first-order chi connectivity index (χ1) is 15.0. The third-order valence-electron chi connectivity index (χ3n) is 7.04. The molecule has 0 N–H and O–H groups in total. The fourth-order valence-electron chi connectivity index (χ4n) is 4.86. The van der Waals surface area contributed by atoms with Crippen molar-refractivity contribution in [1.29, 1.82) is 0 Å². The largest absolute Gasteiger partial charge is 0.488 e. The van der Waals surface area contributed by atoms with Crippen LogP contribution in [0.5, 0.6) is 5.75 Å². The molecule has 3 aromatic carbocycles. The van der Waals surface area contributed by atoms with E-state index in [1.54, 1.807) is 0 Å². The number of fused-ring (bicyclic) bond motifs is 1. The van der Waals surface area contributed by atoms with E-state index in [1.165, 1.54) is 52.6 Å². The summed E-state index contributed by atoms with van der Waals surface area (Å²) in [7, 11) is 0. The summed E-state index contributed by atoms with van der Waals surface area (Å²) >= 11 is 0. The quantitative estimate of drug-likeness (QED) is 0.351. The second kappa shape index (κ2) is 7.56. The van der Waals surface area contributed by atoms with Crippen LogP contribution in [-0.2, 0) is 12.1 Å². The minimum absolute atomic E-state index is 0.127. The van der Waals surface area contributed by atoms with Gasteiger partial charge in [-0.1, -0.05) is 42.5 Å². The Hall–Kier alpha value is -3.07. The van der Waals surface area contributed by atoms with Gasteiger partial charge >= 0.3 is 0 Å². The summed E-state index contributed by atoms with van der Waals surface area (Å²) in [5.74, 6) is 2.05. The smallest absolute Gasteiger partial charge is 0.142 e. The van der Waals surface area contributed by atoms with Gasteiger partial charge in [-0.25, -0.2) is 4.98 Å². The summed E-state index contributed by atoms with van der Waals surface area (Å²) in [6.45, 7) is 9.44. The topological polar surface area (TPSA) is 27.1 Å². The van der Waals surface area contributed by atoms with Gasteiger partial charge in [-0.15, -0.1) is 0 Å². The van der Waals surface area contributed by atoms with Gasteiger partial charge in [0.2, 0.25) is 0 Å². The molecule has 0 radical (unpaired) electrons. The molecule has 1 aromatic heterocycles. The molecule has 1 saturated carbocycles. The first-order valence-corrected chi connectivity index (χ1v) is 11.2. The molecule has 1 aliphatic rings. The van der Waals surface area contributed by atoms with Gasteiger partial charge in [0.25, 0.3) is 0 Å². The van der Waals surface area contributed by atoms with E-state index in [2.05, 4.69) is 86.9 Å². The molecule has 0 aliphatic heterocycles. The van der Waals surface area contributed by atoms with E-state index < -0.39 is 0 Å². The normalized spacial score (nSPS) is 15.1. The molecule has 158 valence electrons. The molecule has 0 amide bonds. The minimum atomic E-state index is 0.127. The maximum atomic E-state index is 6.40. The van der Waals surface area contributed by atoms with Crippen LogP contribution >= 0.6 is 0 Å². The number of aryl methyl sites for hydroxylation is 1. The zero-order valence-electron chi connectivity index (χ0n) is 18.9. The van der Waals surface area contributed by atoms with Crippen molar-refractivity contribution in [2.45, 2.75) is 59.1 Å². The van der Waals surface area contributed by atoms with Crippen molar-refractivity contribution in [2.75, 3.05) is 0 Å². The molecule has 1 aliphatic carbocycles. The Morgan fingerprint density at radius 1 is 0.935 bits per heavy atom. The van der Waals surface area contributed by atoms with Crippen LogP contribution in [0.1, 0.15) is 48.4 Å². The average molecular weight is 411 g/mol. The molecule has 1 fully saturated rings. The number of hydrogen-bond acceptors (Lipinski definition) is 2. The molecule has 3 heteroatoms. The first kappa shape index (κ1) is 19.9. The maximum absolute atomic E-state index is 6.40. The van der Waals surface area contributed by atoms with E-state index in [1.807, 2.05) is 6.07 Å². The molecule has 31 heavy (non-hydrogen) atoms. The Kier molecular flexibility index (Phi) is 4.85. The van der Waals surface area contributed by atoms with Gasteiger partial charge < -0.3 is 9.30 Å². The van der Waals surface area contributed by atoms with Crippen molar-refractivity contribution < 1.29 is 4.74 Å². The molecule has 4 aromatic rings. The third kappa shape index (κ3) is 3.33. The van der Waals surface area contributed by atoms with Crippen molar-refractivity contribution in [3.05, 3.63) is 82.9 Å². The molecule has 0 bridgehead atoms. The number of benzene rings is 3. The summed E-state index contributed by atoms with van der Waals surface area (Å²) in [5.41, 5.74) is 8.38. The Labute approximate surface area is 184 Å². The SMILES string of the molecule is Cc1cc(-c2nc3ccccc3n2C2(C)CCC2)c(C)c(OCc2ccccc2)c1C. The van der Waals surface area contributed by atoms with Gasteiger partial charge in [0.1, 0.15) is 18.2 Å². The van der Waals surface area contributed by atoms with Crippen LogP contribution in [0.4, 0.5) is 0 Å². The highest BCUT2D eigenvalue weighted by Gasteiger charge is 2.37. The average Bonchev–Trinajstić information content (AvgIpc) is 3.15. The Morgan fingerprint density at radius 3 is 2.35 bits per heavy atom. The van der Waals surface area contributed by atoms with Crippen LogP contribution in [0.3, 0.4) is 0 Å². The van der Waals surface area contributed by atoms with E-state index in [-0.39, 0.29) is 5.54 Å². The van der Waals surface area contributed by atoms with Crippen molar-refractivity contribution in [2.24, 2.45) is 0 Å². The van der Waals surface area contributed by atoms with Crippen molar-refractivity contribution in [3.8, 4) is 17.1 Å². The summed E-state index contributed by atoms with van der Waals surface area (Å²) in [4.78, 5) is 5.13. The van der Waals surface area contributed by atoms with Crippen LogP contribution in [0.15, 0.2) is 60.7 Å². The van der Waals surface area contributed by atoms with Crippen LogP contribution in [0, 0.1) is 20.8 Å². The van der Waals surface area contributed by atoms with Crippen LogP contribution < -0.4 is 4.74 Å². The molecule has 1 heterocycles. The van der Waals surface area contributed by atoms with Gasteiger partial charge in [0.05, 0.1) is 11.0 Å². The molecule has 0 spiro atoms. The van der Waals surface area contributed by atoms with Gasteiger partial charge in [0, 0.05) is 16.7 Å². The first-order valence-electron chi connectivity index (χ1n) is 11.2. The monoisotopic (exact) mass is 410 g/mol. The summed E-state index contributed by atoms with van der Waals surface area (Å²) in [6.07, 6.45) is 3.67. The summed E-state index contributed by atoms with van der Waals surface area (Å²) in [6, 6.07) is 21.2. The van der Waals surface area contributed by atoms with E-state index in [9.17, 15) is 0 Å². The summed E-state index contributed by atoms with van der Waals surface area (Å²) in [5, 5.41) is 0. The maximum Gasteiger partial charge on any atom is 0.142 e. The number of para-hydroxylation sites is 2. The molecule has 0 unspecified atom stereocenters. The van der Waals surface area contributed by atoms with Gasteiger partial charge in [-0.2, -0.15) is 0 Å². The number of imidazole rings is 1.